The maximum atomic E-state index is 11.3. The summed E-state index contributed by atoms with van der Waals surface area (Å²) in [6.45, 7) is -0.0253. The van der Waals surface area contributed by atoms with Crippen molar-refractivity contribution in [3.8, 4) is 0 Å². The zero-order chi connectivity index (χ0) is 13.6. The van der Waals surface area contributed by atoms with Gasteiger partial charge in [0.05, 0.1) is 12.7 Å². The smallest absolute Gasteiger partial charge is 0.325 e. The van der Waals surface area contributed by atoms with Gasteiger partial charge in [0.1, 0.15) is 10.4 Å². The third kappa shape index (κ3) is 2.39. The van der Waals surface area contributed by atoms with Gasteiger partial charge in [-0.15, -0.1) is 0 Å². The molecule has 100 valence electrons. The van der Waals surface area contributed by atoms with E-state index < -0.39 is 21.3 Å². The van der Waals surface area contributed by atoms with Crippen LogP contribution in [0.3, 0.4) is 0 Å². The van der Waals surface area contributed by atoms with Crippen molar-refractivity contribution < 1.29 is 18.3 Å². The van der Waals surface area contributed by atoms with Crippen LogP contribution in [0.2, 0.25) is 0 Å². The van der Waals surface area contributed by atoms with Crippen LogP contribution in [0.1, 0.15) is 12.8 Å². The Balaban J connectivity index is 2.23. The quantitative estimate of drug-likeness (QED) is 0.745. The lowest BCUT2D eigenvalue weighted by atomic mass is 9.95. The number of hydrogen-bond donors (Lipinski definition) is 2. The summed E-state index contributed by atoms with van der Waals surface area (Å²) in [5, 5.41) is 13.0. The van der Waals surface area contributed by atoms with Gasteiger partial charge in [0, 0.05) is 12.5 Å². The number of rotatable bonds is 5. The molecule has 7 nitrogen and oxygen atoms in total. The van der Waals surface area contributed by atoms with E-state index in [4.69, 9.17) is 5.73 Å². The van der Waals surface area contributed by atoms with Crippen molar-refractivity contribution in [3.63, 3.8) is 0 Å². The monoisotopic (exact) mass is 273 g/mol. The van der Waals surface area contributed by atoms with Crippen molar-refractivity contribution in [1.82, 2.24) is 9.78 Å². The normalized spacial score (nSPS) is 19.4. The fourth-order valence-corrected chi connectivity index (χ4v) is 2.41. The van der Waals surface area contributed by atoms with Crippen molar-refractivity contribution >= 4 is 15.8 Å². The molecule has 1 aliphatic rings. The fourth-order valence-electron chi connectivity index (χ4n) is 1.86. The Bertz CT molecular complexity index is 576. The number of nitrogens with zero attached hydrogens (tertiary/aromatic N) is 2. The molecule has 1 heterocycles. The number of aromatic nitrogens is 2. The van der Waals surface area contributed by atoms with E-state index in [9.17, 15) is 18.3 Å². The van der Waals surface area contributed by atoms with Gasteiger partial charge in [0.25, 0.3) is 0 Å². The number of carboxylic acid groups (broad SMARTS) is 1. The van der Waals surface area contributed by atoms with Crippen molar-refractivity contribution in [3.05, 3.63) is 12.4 Å². The first kappa shape index (κ1) is 13.0. The summed E-state index contributed by atoms with van der Waals surface area (Å²) in [5.41, 5.74) is 4.51. The number of sulfone groups is 1. The molecule has 0 spiro atoms. The largest absolute Gasteiger partial charge is 0.480 e. The lowest BCUT2D eigenvalue weighted by Crippen LogP contribution is -2.53. The van der Waals surface area contributed by atoms with Crippen molar-refractivity contribution in [2.45, 2.75) is 29.8 Å². The molecular weight excluding hydrogens is 258 g/mol. The van der Waals surface area contributed by atoms with Gasteiger partial charge in [0.2, 0.25) is 0 Å². The molecule has 18 heavy (non-hydrogen) atoms. The van der Waals surface area contributed by atoms with E-state index in [-0.39, 0.29) is 17.4 Å². The van der Waals surface area contributed by atoms with Crippen LogP contribution < -0.4 is 5.73 Å². The van der Waals surface area contributed by atoms with Crippen LogP contribution in [0, 0.1) is 5.92 Å². The zero-order valence-electron chi connectivity index (χ0n) is 9.91. The van der Waals surface area contributed by atoms with Crippen LogP contribution in [0.4, 0.5) is 0 Å². The highest BCUT2D eigenvalue weighted by Crippen LogP contribution is 2.39. The highest BCUT2D eigenvalue weighted by atomic mass is 32.2. The highest BCUT2D eigenvalue weighted by Gasteiger charge is 2.48. The second kappa shape index (κ2) is 4.06. The van der Waals surface area contributed by atoms with E-state index >= 15 is 0 Å². The summed E-state index contributed by atoms with van der Waals surface area (Å²) >= 11 is 0. The van der Waals surface area contributed by atoms with E-state index in [1.54, 1.807) is 0 Å². The molecule has 0 radical (unpaired) electrons. The van der Waals surface area contributed by atoms with Gasteiger partial charge in [-0.25, -0.2) is 8.42 Å². The summed E-state index contributed by atoms with van der Waals surface area (Å²) in [6.07, 6.45) is 5.14. The first-order valence-electron chi connectivity index (χ1n) is 5.48. The minimum atomic E-state index is -3.33. The molecule has 1 aliphatic carbocycles. The molecule has 1 saturated carbocycles. The number of hydrogen-bond acceptors (Lipinski definition) is 5. The third-order valence-corrected chi connectivity index (χ3v) is 4.23. The molecule has 1 atom stereocenters. The van der Waals surface area contributed by atoms with Crippen LogP contribution in [-0.4, -0.2) is 41.1 Å². The molecule has 0 amide bonds. The average Bonchev–Trinajstić information content (AvgIpc) is 2.98. The van der Waals surface area contributed by atoms with Crippen LogP contribution >= 0.6 is 0 Å². The average molecular weight is 273 g/mol. The van der Waals surface area contributed by atoms with Crippen LogP contribution in [0.15, 0.2) is 17.3 Å². The Morgan fingerprint density at radius 2 is 2.28 bits per heavy atom. The topological polar surface area (TPSA) is 115 Å². The van der Waals surface area contributed by atoms with Crippen molar-refractivity contribution in [2.75, 3.05) is 6.26 Å². The molecule has 1 unspecified atom stereocenters. The predicted molar refractivity (Wildman–Crippen MR) is 62.6 cm³/mol. The molecule has 8 heteroatoms. The molecule has 1 aromatic rings. The zero-order valence-corrected chi connectivity index (χ0v) is 10.7. The minimum Gasteiger partial charge on any atom is -0.480 e. The van der Waals surface area contributed by atoms with Gasteiger partial charge in [-0.3, -0.25) is 9.48 Å². The maximum Gasteiger partial charge on any atom is 0.325 e. The molecular formula is C10H15N3O4S. The molecule has 0 bridgehead atoms. The van der Waals surface area contributed by atoms with E-state index in [1.165, 1.54) is 17.1 Å². The summed E-state index contributed by atoms with van der Waals surface area (Å²) < 4.78 is 23.9. The second-order valence-electron chi connectivity index (χ2n) is 4.77. The Morgan fingerprint density at radius 3 is 2.67 bits per heavy atom. The molecule has 0 aliphatic heterocycles. The maximum absolute atomic E-state index is 11.3. The molecule has 1 aromatic heterocycles. The number of nitrogens with two attached hydrogens (primary N) is 1. The highest BCUT2D eigenvalue weighted by molar-refractivity contribution is 7.90. The number of carbonyl (C=O) groups is 1. The first-order chi connectivity index (χ1) is 8.23. The van der Waals surface area contributed by atoms with Gasteiger partial charge in [-0.2, -0.15) is 5.10 Å². The minimum absolute atomic E-state index is 0.0253. The van der Waals surface area contributed by atoms with E-state index in [2.05, 4.69) is 5.10 Å². The van der Waals surface area contributed by atoms with Crippen LogP contribution in [-0.2, 0) is 21.2 Å². The predicted octanol–water partition coefficient (Wildman–Crippen LogP) is -0.521. The van der Waals surface area contributed by atoms with Crippen LogP contribution in [0.5, 0.6) is 0 Å². The summed E-state index contributed by atoms with van der Waals surface area (Å²) in [7, 11) is -3.33. The third-order valence-electron chi connectivity index (χ3n) is 3.17. The molecule has 0 saturated heterocycles. The fraction of sp³-hybridized carbons (Fsp3) is 0.600. The van der Waals surface area contributed by atoms with Gasteiger partial charge in [0.15, 0.2) is 9.84 Å². The Labute approximate surface area is 105 Å². The van der Waals surface area contributed by atoms with Gasteiger partial charge < -0.3 is 10.8 Å². The summed E-state index contributed by atoms with van der Waals surface area (Å²) in [6, 6.07) is 0. The number of carboxylic acids is 1. The van der Waals surface area contributed by atoms with Gasteiger partial charge in [-0.1, -0.05) is 0 Å². The van der Waals surface area contributed by atoms with E-state index in [1.807, 2.05) is 0 Å². The van der Waals surface area contributed by atoms with Gasteiger partial charge >= 0.3 is 5.97 Å². The van der Waals surface area contributed by atoms with Crippen LogP contribution in [0.25, 0.3) is 0 Å². The molecule has 2 rings (SSSR count). The Hall–Kier alpha value is -1.41. The van der Waals surface area contributed by atoms with E-state index in [0.717, 1.165) is 19.1 Å². The lowest BCUT2D eigenvalue weighted by Gasteiger charge is -2.24. The lowest BCUT2D eigenvalue weighted by molar-refractivity contribution is -0.145. The summed E-state index contributed by atoms with van der Waals surface area (Å²) in [4.78, 5) is 11.3. The number of aliphatic carboxylic acids is 1. The Kier molecular flexibility index (Phi) is 2.94. The van der Waals surface area contributed by atoms with Gasteiger partial charge in [-0.05, 0) is 18.8 Å². The Morgan fingerprint density at radius 1 is 1.67 bits per heavy atom. The first-order valence-corrected chi connectivity index (χ1v) is 7.37. The second-order valence-corrected chi connectivity index (χ2v) is 6.78. The molecule has 1 fully saturated rings. The molecule has 0 aromatic carbocycles. The van der Waals surface area contributed by atoms with Crippen molar-refractivity contribution in [2.24, 2.45) is 11.7 Å². The SMILES string of the molecule is CS(=O)(=O)c1cnn(CC(N)(C(=O)O)C2CC2)c1. The summed E-state index contributed by atoms with van der Waals surface area (Å²) in [5.74, 6) is -1.15. The molecule has 3 N–H and O–H groups in total. The standard InChI is InChI=1S/C10H15N3O4S/c1-18(16,17)8-4-12-13(5-8)6-10(11,9(14)15)7-2-3-7/h4-5,7H,2-3,6,11H2,1H3,(H,14,15). The van der Waals surface area contributed by atoms with E-state index in [0.29, 0.717) is 0 Å². The van der Waals surface area contributed by atoms with Crippen molar-refractivity contribution in [1.29, 1.82) is 0 Å².